The fourth-order valence-corrected chi connectivity index (χ4v) is 1.76. The zero-order valence-electron chi connectivity index (χ0n) is 8.09. The van der Waals surface area contributed by atoms with Crippen LogP contribution in [0, 0.1) is 6.92 Å². The quantitative estimate of drug-likeness (QED) is 0.634. The molecule has 0 fully saturated rings. The van der Waals surface area contributed by atoms with Crippen molar-refractivity contribution in [1.29, 1.82) is 0 Å². The fourth-order valence-electron chi connectivity index (χ4n) is 1.76. The molecule has 13 heavy (non-hydrogen) atoms. The van der Waals surface area contributed by atoms with E-state index in [4.69, 9.17) is 0 Å². The van der Waals surface area contributed by atoms with Crippen LogP contribution < -0.4 is 0 Å². The van der Waals surface area contributed by atoms with Gasteiger partial charge in [0.2, 0.25) is 0 Å². The molecule has 0 N–H and O–H groups in total. The molecule has 1 aromatic heterocycles. The van der Waals surface area contributed by atoms with Crippen LogP contribution in [0.1, 0.15) is 36.9 Å². The zero-order chi connectivity index (χ0) is 9.10. The number of nitrogens with zero attached hydrogens (tertiary/aromatic N) is 1. The van der Waals surface area contributed by atoms with Crippen LogP contribution >= 0.6 is 0 Å². The molecule has 1 heteroatoms. The molecular formula is C12H15N. The first-order valence-electron chi connectivity index (χ1n) is 4.98. The largest absolute Gasteiger partial charge is 0.261 e. The fraction of sp³-hybridized carbons (Fsp3) is 0.417. The van der Waals surface area contributed by atoms with E-state index < -0.39 is 0 Å². The number of aryl methyl sites for hydroxylation is 1. The predicted molar refractivity (Wildman–Crippen MR) is 55.4 cm³/mol. The molecule has 2 rings (SSSR count). The van der Waals surface area contributed by atoms with Crippen LogP contribution in [-0.2, 0) is 0 Å². The third kappa shape index (κ3) is 1.97. The van der Waals surface area contributed by atoms with Gasteiger partial charge in [0.1, 0.15) is 0 Å². The summed E-state index contributed by atoms with van der Waals surface area (Å²) in [7, 11) is 0. The van der Waals surface area contributed by atoms with E-state index in [0.29, 0.717) is 0 Å². The summed E-state index contributed by atoms with van der Waals surface area (Å²) in [6, 6.07) is 4.27. The first-order valence-corrected chi connectivity index (χ1v) is 4.98. The molecule has 1 aliphatic rings. The molecule has 0 saturated carbocycles. The Morgan fingerprint density at radius 1 is 1.23 bits per heavy atom. The van der Waals surface area contributed by atoms with Gasteiger partial charge in [0.05, 0.1) is 0 Å². The van der Waals surface area contributed by atoms with Crippen LogP contribution in [0.3, 0.4) is 0 Å². The summed E-state index contributed by atoms with van der Waals surface area (Å²) in [4.78, 5) is 4.31. The van der Waals surface area contributed by atoms with Crippen molar-refractivity contribution >= 4 is 5.57 Å². The predicted octanol–water partition coefficient (Wildman–Crippen LogP) is 3.35. The summed E-state index contributed by atoms with van der Waals surface area (Å²) < 4.78 is 0. The third-order valence-electron chi connectivity index (χ3n) is 2.57. The second-order valence-electron chi connectivity index (χ2n) is 3.66. The lowest BCUT2D eigenvalue weighted by atomic mass is 9.95. The van der Waals surface area contributed by atoms with Gasteiger partial charge in [-0.1, -0.05) is 12.1 Å². The van der Waals surface area contributed by atoms with Gasteiger partial charge in [-0.2, -0.15) is 0 Å². The van der Waals surface area contributed by atoms with Gasteiger partial charge in [-0.05, 0) is 49.8 Å². The van der Waals surface area contributed by atoms with Gasteiger partial charge in [-0.25, -0.2) is 0 Å². The van der Waals surface area contributed by atoms with Crippen molar-refractivity contribution in [2.75, 3.05) is 0 Å². The average Bonchev–Trinajstić information content (AvgIpc) is 2.20. The van der Waals surface area contributed by atoms with Crippen LogP contribution in [-0.4, -0.2) is 4.98 Å². The van der Waals surface area contributed by atoms with E-state index in [-0.39, 0.29) is 0 Å². The van der Waals surface area contributed by atoms with E-state index in [1.54, 1.807) is 0 Å². The summed E-state index contributed by atoms with van der Waals surface area (Å²) in [5, 5.41) is 0. The molecular weight excluding hydrogens is 158 g/mol. The van der Waals surface area contributed by atoms with E-state index in [9.17, 15) is 0 Å². The third-order valence-corrected chi connectivity index (χ3v) is 2.57. The van der Waals surface area contributed by atoms with Gasteiger partial charge >= 0.3 is 0 Å². The highest BCUT2D eigenvalue weighted by Crippen LogP contribution is 2.25. The van der Waals surface area contributed by atoms with Gasteiger partial charge in [-0.15, -0.1) is 0 Å². The Kier molecular flexibility index (Phi) is 2.44. The van der Waals surface area contributed by atoms with Crippen molar-refractivity contribution in [1.82, 2.24) is 4.98 Å². The SMILES string of the molecule is Cc1ccc(C2=CCCCC2)cn1. The molecule has 1 heterocycles. The van der Waals surface area contributed by atoms with Crippen LogP contribution in [0.25, 0.3) is 5.57 Å². The van der Waals surface area contributed by atoms with Crippen molar-refractivity contribution in [3.63, 3.8) is 0 Å². The van der Waals surface area contributed by atoms with Gasteiger partial charge in [0, 0.05) is 11.9 Å². The molecule has 0 aliphatic heterocycles. The second-order valence-corrected chi connectivity index (χ2v) is 3.66. The maximum atomic E-state index is 4.31. The molecule has 0 amide bonds. The van der Waals surface area contributed by atoms with Gasteiger partial charge in [-0.3, -0.25) is 4.98 Å². The zero-order valence-corrected chi connectivity index (χ0v) is 8.09. The van der Waals surface area contributed by atoms with Crippen molar-refractivity contribution < 1.29 is 0 Å². The minimum absolute atomic E-state index is 1.10. The normalized spacial score (nSPS) is 16.8. The molecule has 1 aliphatic carbocycles. The first-order chi connectivity index (χ1) is 6.36. The molecule has 0 bridgehead atoms. The van der Waals surface area contributed by atoms with E-state index >= 15 is 0 Å². The Morgan fingerprint density at radius 2 is 2.15 bits per heavy atom. The van der Waals surface area contributed by atoms with Crippen LogP contribution in [0.15, 0.2) is 24.4 Å². The standard InChI is InChI=1S/C12H15N/c1-10-7-8-12(9-13-10)11-5-3-2-4-6-11/h5,7-9H,2-4,6H2,1H3. The smallest absolute Gasteiger partial charge is 0.0373 e. The highest BCUT2D eigenvalue weighted by molar-refractivity contribution is 5.65. The summed E-state index contributed by atoms with van der Waals surface area (Å²) in [5.41, 5.74) is 3.89. The van der Waals surface area contributed by atoms with Gasteiger partial charge in [0.25, 0.3) is 0 Å². The number of allylic oxidation sites excluding steroid dienone is 2. The Bertz CT molecular complexity index is 308. The Hall–Kier alpha value is -1.11. The minimum Gasteiger partial charge on any atom is -0.261 e. The van der Waals surface area contributed by atoms with Crippen molar-refractivity contribution in [2.45, 2.75) is 32.6 Å². The molecule has 1 aromatic rings. The molecule has 0 spiro atoms. The molecule has 0 saturated heterocycles. The van der Waals surface area contributed by atoms with Gasteiger partial charge < -0.3 is 0 Å². The van der Waals surface area contributed by atoms with Gasteiger partial charge in [0.15, 0.2) is 0 Å². The van der Waals surface area contributed by atoms with Crippen LogP contribution in [0.2, 0.25) is 0 Å². The number of aromatic nitrogens is 1. The molecule has 0 aromatic carbocycles. The van der Waals surface area contributed by atoms with Crippen LogP contribution in [0.4, 0.5) is 0 Å². The highest BCUT2D eigenvalue weighted by atomic mass is 14.7. The molecule has 0 radical (unpaired) electrons. The highest BCUT2D eigenvalue weighted by Gasteiger charge is 2.05. The summed E-state index contributed by atoms with van der Waals surface area (Å²) in [6.07, 6.45) is 9.50. The monoisotopic (exact) mass is 173 g/mol. The van der Waals surface area contributed by atoms with Crippen LogP contribution in [0.5, 0.6) is 0 Å². The van der Waals surface area contributed by atoms with E-state index in [1.165, 1.54) is 36.8 Å². The number of hydrogen-bond donors (Lipinski definition) is 0. The average molecular weight is 173 g/mol. The number of hydrogen-bond acceptors (Lipinski definition) is 1. The lowest BCUT2D eigenvalue weighted by Crippen LogP contribution is -1.92. The lowest BCUT2D eigenvalue weighted by Gasteiger charge is -2.12. The van der Waals surface area contributed by atoms with Crippen molar-refractivity contribution in [3.8, 4) is 0 Å². The summed E-state index contributed by atoms with van der Waals surface area (Å²) in [5.74, 6) is 0. The second kappa shape index (κ2) is 3.73. The molecule has 1 nitrogen and oxygen atoms in total. The Labute approximate surface area is 79.5 Å². The molecule has 0 atom stereocenters. The van der Waals surface area contributed by atoms with Crippen molar-refractivity contribution in [2.24, 2.45) is 0 Å². The van der Waals surface area contributed by atoms with E-state index in [0.717, 1.165) is 5.69 Å². The summed E-state index contributed by atoms with van der Waals surface area (Å²) >= 11 is 0. The van der Waals surface area contributed by atoms with E-state index in [1.807, 2.05) is 13.1 Å². The lowest BCUT2D eigenvalue weighted by molar-refractivity contribution is 0.741. The molecule has 0 unspecified atom stereocenters. The topological polar surface area (TPSA) is 12.9 Å². The Balaban J connectivity index is 2.24. The van der Waals surface area contributed by atoms with Crippen molar-refractivity contribution in [3.05, 3.63) is 35.7 Å². The minimum atomic E-state index is 1.10. The molecule has 68 valence electrons. The van der Waals surface area contributed by atoms with E-state index in [2.05, 4.69) is 23.2 Å². The maximum Gasteiger partial charge on any atom is 0.0373 e. The Morgan fingerprint density at radius 3 is 2.77 bits per heavy atom. The number of rotatable bonds is 1. The maximum absolute atomic E-state index is 4.31. The summed E-state index contributed by atoms with van der Waals surface area (Å²) in [6.45, 7) is 2.03. The first kappa shape index (κ1) is 8.49. The number of pyridine rings is 1.